The molecule has 6 nitrogen and oxygen atoms in total. The van der Waals surface area contributed by atoms with Crippen LogP contribution >= 0.6 is 0 Å². The van der Waals surface area contributed by atoms with Crippen molar-refractivity contribution in [1.82, 2.24) is 4.90 Å². The lowest BCUT2D eigenvalue weighted by Crippen LogP contribution is -2.32. The van der Waals surface area contributed by atoms with E-state index in [0.29, 0.717) is 17.0 Å². The molecule has 2 aromatic rings. The van der Waals surface area contributed by atoms with Gasteiger partial charge in [-0.1, -0.05) is 18.2 Å². The van der Waals surface area contributed by atoms with Gasteiger partial charge >= 0.3 is 0 Å². The number of ether oxygens (including phenoxy) is 1. The van der Waals surface area contributed by atoms with Gasteiger partial charge in [0, 0.05) is 37.6 Å². The zero-order chi connectivity index (χ0) is 19.2. The number of nitrogens with one attached hydrogen (secondary N) is 1. The molecule has 1 aliphatic heterocycles. The summed E-state index contributed by atoms with van der Waals surface area (Å²) >= 11 is 0. The minimum absolute atomic E-state index is 0.0336. The van der Waals surface area contributed by atoms with Crippen molar-refractivity contribution in [2.24, 2.45) is 0 Å². The molecule has 0 radical (unpaired) electrons. The number of anilines is 1. The molecular weight excluding hydrogens is 351 g/mol. The number of carbonyl (C=O) groups is 3. The van der Waals surface area contributed by atoms with Crippen molar-refractivity contribution < 1.29 is 23.5 Å². The fraction of sp³-hybridized carbons (Fsp3) is 0.250. The van der Waals surface area contributed by atoms with Gasteiger partial charge in [-0.15, -0.1) is 0 Å². The molecule has 0 spiro atoms. The number of nitrogens with zero attached hydrogens (tertiary/aromatic N) is 1. The second kappa shape index (κ2) is 8.44. The number of amides is 3. The minimum Gasteiger partial charge on any atom is -0.489 e. The SMILES string of the molecule is O=C(CCN1C(=O)CCC1=O)Nc1cccc(OCc2cccc(F)c2)c1. The van der Waals surface area contributed by atoms with Crippen LogP contribution in [0, 0.1) is 5.82 Å². The predicted octanol–water partition coefficient (Wildman–Crippen LogP) is 2.88. The largest absolute Gasteiger partial charge is 0.489 e. The van der Waals surface area contributed by atoms with E-state index >= 15 is 0 Å². The summed E-state index contributed by atoms with van der Waals surface area (Å²) in [5.74, 6) is -0.570. The second-order valence-electron chi connectivity index (χ2n) is 6.18. The third-order valence-corrected chi connectivity index (χ3v) is 4.13. The summed E-state index contributed by atoms with van der Waals surface area (Å²) in [7, 11) is 0. The van der Waals surface area contributed by atoms with Gasteiger partial charge in [0.15, 0.2) is 0 Å². The van der Waals surface area contributed by atoms with Gasteiger partial charge in [0.25, 0.3) is 0 Å². The molecule has 1 saturated heterocycles. The smallest absolute Gasteiger partial charge is 0.229 e. The Morgan fingerprint density at radius 3 is 2.56 bits per heavy atom. The summed E-state index contributed by atoms with van der Waals surface area (Å²) in [4.78, 5) is 36.3. The van der Waals surface area contributed by atoms with Gasteiger partial charge in [-0.3, -0.25) is 19.3 Å². The van der Waals surface area contributed by atoms with E-state index in [2.05, 4.69) is 5.32 Å². The van der Waals surface area contributed by atoms with Gasteiger partial charge in [-0.25, -0.2) is 4.39 Å². The van der Waals surface area contributed by atoms with Crippen LogP contribution in [-0.2, 0) is 21.0 Å². The average Bonchev–Trinajstić information content (AvgIpc) is 2.96. The van der Waals surface area contributed by atoms with Crippen LogP contribution in [0.1, 0.15) is 24.8 Å². The Hall–Kier alpha value is -3.22. The van der Waals surface area contributed by atoms with E-state index < -0.39 is 0 Å². The maximum absolute atomic E-state index is 13.2. The highest BCUT2D eigenvalue weighted by molar-refractivity contribution is 6.02. The van der Waals surface area contributed by atoms with Crippen molar-refractivity contribution in [3.8, 4) is 5.75 Å². The molecule has 0 bridgehead atoms. The number of benzene rings is 2. The fourth-order valence-corrected chi connectivity index (χ4v) is 2.77. The topological polar surface area (TPSA) is 75.7 Å². The first-order valence-electron chi connectivity index (χ1n) is 8.61. The van der Waals surface area contributed by atoms with Crippen LogP contribution in [0.5, 0.6) is 5.75 Å². The lowest BCUT2D eigenvalue weighted by atomic mass is 10.2. The van der Waals surface area contributed by atoms with Gasteiger partial charge in [-0.05, 0) is 29.8 Å². The van der Waals surface area contributed by atoms with Crippen LogP contribution in [0.3, 0.4) is 0 Å². The highest BCUT2D eigenvalue weighted by Crippen LogP contribution is 2.19. The quantitative estimate of drug-likeness (QED) is 0.761. The van der Waals surface area contributed by atoms with Gasteiger partial charge in [0.2, 0.25) is 17.7 Å². The average molecular weight is 370 g/mol. The maximum atomic E-state index is 13.2. The Bertz CT molecular complexity index is 853. The highest BCUT2D eigenvalue weighted by atomic mass is 19.1. The Labute approximate surface area is 155 Å². The molecule has 2 aromatic carbocycles. The lowest BCUT2D eigenvalue weighted by molar-refractivity contribution is -0.138. The van der Waals surface area contributed by atoms with E-state index in [0.717, 1.165) is 4.90 Å². The molecule has 3 amide bonds. The molecule has 7 heteroatoms. The van der Waals surface area contributed by atoms with Crippen LogP contribution in [0.2, 0.25) is 0 Å². The maximum Gasteiger partial charge on any atom is 0.229 e. The summed E-state index contributed by atoms with van der Waals surface area (Å²) in [6.45, 7) is 0.285. The second-order valence-corrected chi connectivity index (χ2v) is 6.18. The molecule has 0 atom stereocenters. The summed E-state index contributed by atoms with van der Waals surface area (Å²) in [6, 6.07) is 13.0. The van der Waals surface area contributed by atoms with Gasteiger partial charge in [0.1, 0.15) is 18.2 Å². The number of halogens is 1. The third-order valence-electron chi connectivity index (χ3n) is 4.13. The van der Waals surface area contributed by atoms with E-state index in [1.807, 2.05) is 0 Å². The Kier molecular flexibility index (Phi) is 5.80. The first-order valence-corrected chi connectivity index (χ1v) is 8.61. The summed E-state index contributed by atoms with van der Waals surface area (Å²) < 4.78 is 18.8. The van der Waals surface area contributed by atoms with Crippen molar-refractivity contribution in [2.45, 2.75) is 25.9 Å². The van der Waals surface area contributed by atoms with E-state index in [1.165, 1.54) is 12.1 Å². The molecule has 27 heavy (non-hydrogen) atoms. The van der Waals surface area contributed by atoms with Gasteiger partial charge in [-0.2, -0.15) is 0 Å². The molecule has 1 N–H and O–H groups in total. The number of hydrogen-bond acceptors (Lipinski definition) is 4. The molecule has 1 heterocycles. The summed E-state index contributed by atoms with van der Waals surface area (Å²) in [5.41, 5.74) is 1.24. The molecule has 0 unspecified atom stereocenters. The van der Waals surface area contributed by atoms with Crippen LogP contribution in [0.4, 0.5) is 10.1 Å². The number of likely N-dealkylation sites (tertiary alicyclic amines) is 1. The normalized spacial score (nSPS) is 13.7. The number of rotatable bonds is 7. The van der Waals surface area contributed by atoms with Crippen molar-refractivity contribution in [3.63, 3.8) is 0 Å². The zero-order valence-corrected chi connectivity index (χ0v) is 14.6. The predicted molar refractivity (Wildman–Crippen MR) is 96.4 cm³/mol. The summed E-state index contributed by atoms with van der Waals surface area (Å²) in [5, 5.41) is 2.72. The Morgan fingerprint density at radius 2 is 1.81 bits per heavy atom. The number of imide groups is 1. The van der Waals surface area contributed by atoms with E-state index in [-0.39, 0.29) is 56.0 Å². The molecule has 0 saturated carbocycles. The van der Waals surface area contributed by atoms with Gasteiger partial charge < -0.3 is 10.1 Å². The fourth-order valence-electron chi connectivity index (χ4n) is 2.77. The zero-order valence-electron chi connectivity index (χ0n) is 14.6. The van der Waals surface area contributed by atoms with Crippen LogP contribution in [0.15, 0.2) is 48.5 Å². The van der Waals surface area contributed by atoms with Crippen LogP contribution in [0.25, 0.3) is 0 Å². The van der Waals surface area contributed by atoms with E-state index in [1.54, 1.807) is 36.4 Å². The minimum atomic E-state index is -0.327. The first-order chi connectivity index (χ1) is 13.0. The molecule has 1 fully saturated rings. The molecule has 140 valence electrons. The van der Waals surface area contributed by atoms with Crippen LogP contribution < -0.4 is 10.1 Å². The van der Waals surface area contributed by atoms with E-state index in [4.69, 9.17) is 4.74 Å². The number of hydrogen-bond donors (Lipinski definition) is 1. The molecule has 0 aromatic heterocycles. The van der Waals surface area contributed by atoms with Gasteiger partial charge in [0.05, 0.1) is 0 Å². The number of carbonyl (C=O) groups excluding carboxylic acids is 3. The van der Waals surface area contributed by atoms with Crippen molar-refractivity contribution in [3.05, 3.63) is 59.9 Å². The molecule has 0 aliphatic carbocycles. The first kappa shape index (κ1) is 18.6. The van der Waals surface area contributed by atoms with Crippen molar-refractivity contribution in [1.29, 1.82) is 0 Å². The third kappa shape index (κ3) is 5.13. The standard InChI is InChI=1S/C20H19FN2O4/c21-15-4-1-3-14(11-15)13-27-17-6-2-5-16(12-17)22-18(24)9-10-23-19(25)7-8-20(23)26/h1-6,11-12H,7-10,13H2,(H,22,24). The van der Waals surface area contributed by atoms with Crippen molar-refractivity contribution in [2.75, 3.05) is 11.9 Å². The Balaban J connectivity index is 1.51. The summed E-state index contributed by atoms with van der Waals surface area (Å²) in [6.07, 6.45) is 0.460. The Morgan fingerprint density at radius 1 is 1.07 bits per heavy atom. The highest BCUT2D eigenvalue weighted by Gasteiger charge is 2.28. The van der Waals surface area contributed by atoms with E-state index in [9.17, 15) is 18.8 Å². The lowest BCUT2D eigenvalue weighted by Gasteiger charge is -2.13. The molecule has 1 aliphatic rings. The van der Waals surface area contributed by atoms with Crippen molar-refractivity contribution >= 4 is 23.4 Å². The monoisotopic (exact) mass is 370 g/mol. The molecular formula is C20H19FN2O4. The van der Waals surface area contributed by atoms with Crippen LogP contribution in [-0.4, -0.2) is 29.2 Å². The molecule has 3 rings (SSSR count).